The van der Waals surface area contributed by atoms with E-state index in [1.165, 1.54) is 5.57 Å². The Kier molecular flexibility index (Phi) is 1.91. The van der Waals surface area contributed by atoms with Gasteiger partial charge in [-0.05, 0) is 12.0 Å². The highest BCUT2D eigenvalue weighted by atomic mass is 35.5. The second-order valence-electron chi connectivity index (χ2n) is 3.21. The van der Waals surface area contributed by atoms with Crippen LogP contribution in [0.1, 0.15) is 6.42 Å². The number of aliphatic hydroxyl groups excluding tert-OH is 1. The van der Waals surface area contributed by atoms with E-state index in [1.807, 2.05) is 0 Å². The zero-order valence-electron chi connectivity index (χ0n) is 6.33. The van der Waals surface area contributed by atoms with Crippen molar-refractivity contribution in [1.82, 2.24) is 4.90 Å². The largest absolute Gasteiger partial charge is 0.391 e. The molecule has 2 heterocycles. The lowest BCUT2D eigenvalue weighted by atomic mass is 10.1. The molecule has 2 nitrogen and oxygen atoms in total. The fourth-order valence-corrected chi connectivity index (χ4v) is 2.28. The summed E-state index contributed by atoms with van der Waals surface area (Å²) in [5.41, 5.74) is 1.21. The van der Waals surface area contributed by atoms with Gasteiger partial charge in [0.05, 0.1) is 12.1 Å². The predicted octanol–water partition coefficient (Wildman–Crippen LogP) is 0.600. The summed E-state index contributed by atoms with van der Waals surface area (Å²) in [5.74, 6) is 0.568. The predicted molar refractivity (Wildman–Crippen MR) is 44.8 cm³/mol. The second-order valence-corrected chi connectivity index (χ2v) is 3.48. The minimum Gasteiger partial charge on any atom is -0.391 e. The highest BCUT2D eigenvalue weighted by Gasteiger charge is 2.37. The molecule has 1 saturated heterocycles. The molecule has 2 aliphatic rings. The molecule has 0 unspecified atom stereocenters. The van der Waals surface area contributed by atoms with Crippen LogP contribution in [0.2, 0.25) is 0 Å². The number of aliphatic hydroxyl groups is 1. The molecule has 0 radical (unpaired) electrons. The summed E-state index contributed by atoms with van der Waals surface area (Å²) in [6, 6.07) is 0.243. The molecular weight excluding hydrogens is 162 g/mol. The van der Waals surface area contributed by atoms with Crippen molar-refractivity contribution in [1.29, 1.82) is 0 Å². The Hall–Kier alpha value is -0.0500. The average molecular weight is 174 g/mol. The van der Waals surface area contributed by atoms with E-state index in [-0.39, 0.29) is 12.1 Å². The van der Waals surface area contributed by atoms with E-state index in [0.29, 0.717) is 5.88 Å². The lowest BCUT2D eigenvalue weighted by Crippen LogP contribution is -2.32. The first-order chi connectivity index (χ1) is 5.33. The number of halogens is 1. The van der Waals surface area contributed by atoms with Crippen LogP contribution in [0.4, 0.5) is 0 Å². The fourth-order valence-electron chi connectivity index (χ4n) is 2.01. The minimum absolute atomic E-state index is 0.178. The van der Waals surface area contributed by atoms with Crippen molar-refractivity contribution >= 4 is 11.6 Å². The molecule has 1 fully saturated rings. The van der Waals surface area contributed by atoms with Crippen LogP contribution in [-0.4, -0.2) is 41.1 Å². The Bertz CT molecular complexity index is 193. The third-order valence-corrected chi connectivity index (χ3v) is 2.90. The summed E-state index contributed by atoms with van der Waals surface area (Å²) in [6.45, 7) is 1.99. The topological polar surface area (TPSA) is 23.5 Å². The van der Waals surface area contributed by atoms with Crippen LogP contribution in [-0.2, 0) is 0 Å². The van der Waals surface area contributed by atoms with Crippen LogP contribution < -0.4 is 0 Å². The summed E-state index contributed by atoms with van der Waals surface area (Å²) in [5, 5.41) is 9.56. The Balaban J connectivity index is 2.15. The molecule has 62 valence electrons. The van der Waals surface area contributed by atoms with E-state index in [9.17, 15) is 5.11 Å². The molecule has 3 heteroatoms. The SMILES string of the molecule is O[C@H]1CCN2CC=C(CCl)[C@H]12. The molecule has 0 amide bonds. The van der Waals surface area contributed by atoms with E-state index >= 15 is 0 Å². The van der Waals surface area contributed by atoms with Crippen molar-refractivity contribution in [3.8, 4) is 0 Å². The van der Waals surface area contributed by atoms with Crippen molar-refractivity contribution in [2.75, 3.05) is 19.0 Å². The Morgan fingerprint density at radius 3 is 3.27 bits per heavy atom. The second kappa shape index (κ2) is 2.77. The van der Waals surface area contributed by atoms with Gasteiger partial charge in [-0.15, -0.1) is 11.6 Å². The van der Waals surface area contributed by atoms with Crippen molar-refractivity contribution in [3.63, 3.8) is 0 Å². The number of alkyl halides is 1. The van der Waals surface area contributed by atoms with Crippen molar-refractivity contribution < 1.29 is 5.11 Å². The molecule has 0 aromatic carbocycles. The number of nitrogens with zero attached hydrogens (tertiary/aromatic N) is 1. The van der Waals surface area contributed by atoms with Gasteiger partial charge in [0.2, 0.25) is 0 Å². The molecule has 0 bridgehead atoms. The Labute approximate surface area is 71.4 Å². The molecule has 0 aliphatic carbocycles. The van der Waals surface area contributed by atoms with Gasteiger partial charge in [-0.25, -0.2) is 0 Å². The summed E-state index contributed by atoms with van der Waals surface area (Å²) in [4.78, 5) is 2.28. The summed E-state index contributed by atoms with van der Waals surface area (Å²) in [7, 11) is 0. The Morgan fingerprint density at radius 1 is 1.73 bits per heavy atom. The quantitative estimate of drug-likeness (QED) is 0.464. The van der Waals surface area contributed by atoms with Gasteiger partial charge in [0.1, 0.15) is 0 Å². The molecule has 0 aromatic heterocycles. The molecule has 1 N–H and O–H groups in total. The van der Waals surface area contributed by atoms with Crippen molar-refractivity contribution in [3.05, 3.63) is 11.6 Å². The van der Waals surface area contributed by atoms with Gasteiger partial charge in [0.15, 0.2) is 0 Å². The Morgan fingerprint density at radius 2 is 2.55 bits per heavy atom. The number of rotatable bonds is 1. The molecule has 11 heavy (non-hydrogen) atoms. The van der Waals surface area contributed by atoms with Crippen LogP contribution in [0, 0.1) is 0 Å². The number of fused-ring (bicyclic) bond motifs is 1. The van der Waals surface area contributed by atoms with Gasteiger partial charge in [0, 0.05) is 19.0 Å². The van der Waals surface area contributed by atoms with E-state index in [2.05, 4.69) is 11.0 Å². The maximum Gasteiger partial charge on any atom is 0.0746 e. The third kappa shape index (κ3) is 1.10. The van der Waals surface area contributed by atoms with Crippen LogP contribution in [0.15, 0.2) is 11.6 Å². The van der Waals surface area contributed by atoms with Crippen LogP contribution in [0.3, 0.4) is 0 Å². The average Bonchev–Trinajstić information content (AvgIpc) is 2.54. The monoisotopic (exact) mass is 173 g/mol. The first-order valence-electron chi connectivity index (χ1n) is 4.00. The van der Waals surface area contributed by atoms with Gasteiger partial charge in [0.25, 0.3) is 0 Å². The molecule has 0 aromatic rings. The lowest BCUT2D eigenvalue weighted by molar-refractivity contribution is 0.147. The maximum atomic E-state index is 9.56. The van der Waals surface area contributed by atoms with Crippen LogP contribution >= 0.6 is 11.6 Å². The smallest absolute Gasteiger partial charge is 0.0746 e. The van der Waals surface area contributed by atoms with Crippen LogP contribution in [0.25, 0.3) is 0 Å². The number of hydrogen-bond donors (Lipinski definition) is 1. The molecule has 2 rings (SSSR count). The van der Waals surface area contributed by atoms with Crippen molar-refractivity contribution in [2.24, 2.45) is 0 Å². The van der Waals surface area contributed by atoms with E-state index < -0.39 is 0 Å². The zero-order chi connectivity index (χ0) is 7.84. The maximum absolute atomic E-state index is 9.56. The zero-order valence-corrected chi connectivity index (χ0v) is 7.09. The van der Waals surface area contributed by atoms with Gasteiger partial charge < -0.3 is 5.11 Å². The minimum atomic E-state index is -0.178. The van der Waals surface area contributed by atoms with E-state index in [1.54, 1.807) is 0 Å². The number of hydrogen-bond acceptors (Lipinski definition) is 2. The summed E-state index contributed by atoms with van der Waals surface area (Å²) >= 11 is 5.73. The van der Waals surface area contributed by atoms with Gasteiger partial charge in [-0.3, -0.25) is 4.90 Å². The van der Waals surface area contributed by atoms with Crippen LogP contribution in [0.5, 0.6) is 0 Å². The van der Waals surface area contributed by atoms with E-state index in [4.69, 9.17) is 11.6 Å². The molecule has 2 atom stereocenters. The molecule has 0 saturated carbocycles. The standard InChI is InChI=1S/C8H12ClNO/c9-5-6-1-3-10-4-2-7(11)8(6)10/h1,7-8,11H,2-5H2/t7-,8+/m0/s1. The lowest BCUT2D eigenvalue weighted by Gasteiger charge is -2.19. The van der Waals surface area contributed by atoms with Crippen molar-refractivity contribution in [2.45, 2.75) is 18.6 Å². The fraction of sp³-hybridized carbons (Fsp3) is 0.750. The normalized spacial score (nSPS) is 37.5. The highest BCUT2D eigenvalue weighted by Crippen LogP contribution is 2.29. The van der Waals surface area contributed by atoms with E-state index in [0.717, 1.165) is 19.5 Å². The molecule has 0 spiro atoms. The third-order valence-electron chi connectivity index (χ3n) is 2.59. The van der Waals surface area contributed by atoms with Gasteiger partial charge >= 0.3 is 0 Å². The van der Waals surface area contributed by atoms with Gasteiger partial charge in [-0.1, -0.05) is 6.08 Å². The molecule has 2 aliphatic heterocycles. The van der Waals surface area contributed by atoms with Gasteiger partial charge in [-0.2, -0.15) is 0 Å². The summed E-state index contributed by atoms with van der Waals surface area (Å²) in [6.07, 6.45) is 2.86. The first kappa shape index (κ1) is 7.59. The molecular formula is C8H12ClNO. The first-order valence-corrected chi connectivity index (χ1v) is 4.53. The highest BCUT2D eigenvalue weighted by molar-refractivity contribution is 6.19. The summed E-state index contributed by atoms with van der Waals surface area (Å²) < 4.78 is 0.